The third-order valence-corrected chi connectivity index (χ3v) is 1.31. The van der Waals surface area contributed by atoms with Crippen LogP contribution in [0.25, 0.3) is 0 Å². The second-order valence-electron chi connectivity index (χ2n) is 2.08. The van der Waals surface area contributed by atoms with Crippen LogP contribution >= 0.6 is 0 Å². The molecule has 0 saturated carbocycles. The first-order chi connectivity index (χ1) is 5.76. The van der Waals surface area contributed by atoms with Crippen LogP contribution in [0, 0.1) is 0 Å². The molecule has 0 spiro atoms. The fraction of sp³-hybridized carbons (Fsp3) is 0.200. The molecule has 64 valence electrons. The molecule has 0 aliphatic rings. The molecule has 0 saturated heterocycles. The van der Waals surface area contributed by atoms with Crippen LogP contribution in [0.3, 0.4) is 0 Å². The van der Waals surface area contributed by atoms with E-state index < -0.39 is 0 Å². The number of rotatable bonds is 5. The lowest BCUT2D eigenvalue weighted by Gasteiger charge is -1.93. The molecule has 0 bridgehead atoms. The van der Waals surface area contributed by atoms with E-state index in [0.717, 1.165) is 0 Å². The van der Waals surface area contributed by atoms with Crippen LogP contribution in [-0.2, 0) is 4.79 Å². The Labute approximate surface area is 73.0 Å². The Morgan fingerprint density at radius 1 is 1.50 bits per heavy atom. The van der Waals surface area contributed by atoms with Gasteiger partial charge in [-0.2, -0.15) is 0 Å². The average molecular weight is 163 g/mol. The Hall–Kier alpha value is -1.44. The van der Waals surface area contributed by atoms with Gasteiger partial charge in [-0.3, -0.25) is 9.79 Å². The van der Waals surface area contributed by atoms with E-state index in [9.17, 15) is 4.79 Å². The van der Waals surface area contributed by atoms with Gasteiger partial charge in [0.25, 0.3) is 0 Å². The molecule has 0 amide bonds. The molecule has 0 atom stereocenters. The summed E-state index contributed by atoms with van der Waals surface area (Å²) in [4.78, 5) is 14.8. The second-order valence-corrected chi connectivity index (χ2v) is 2.08. The van der Waals surface area contributed by atoms with Gasteiger partial charge in [0, 0.05) is 24.4 Å². The molecule has 12 heavy (non-hydrogen) atoms. The average Bonchev–Trinajstić information content (AvgIpc) is 2.11. The van der Waals surface area contributed by atoms with Gasteiger partial charge in [0.05, 0.1) is 0 Å². The van der Waals surface area contributed by atoms with Crippen molar-refractivity contribution in [2.24, 2.45) is 4.99 Å². The lowest BCUT2D eigenvalue weighted by molar-refractivity contribution is -0.114. The highest BCUT2D eigenvalue weighted by atomic mass is 16.1. The van der Waals surface area contributed by atoms with E-state index in [4.69, 9.17) is 0 Å². The Balaban J connectivity index is 4.42. The maximum atomic E-state index is 11.1. The van der Waals surface area contributed by atoms with Gasteiger partial charge in [-0.15, -0.1) is 0 Å². The van der Waals surface area contributed by atoms with Crippen molar-refractivity contribution >= 4 is 12.0 Å². The SMILES string of the molecule is C=CN=C/C=C(\C=C)C(=O)CC. The predicted octanol–water partition coefficient (Wildman–Crippen LogP) is 2.29. The third-order valence-electron chi connectivity index (χ3n) is 1.31. The second kappa shape index (κ2) is 6.28. The van der Waals surface area contributed by atoms with Gasteiger partial charge in [0.2, 0.25) is 0 Å². The van der Waals surface area contributed by atoms with Crippen LogP contribution in [0.15, 0.2) is 42.1 Å². The molecule has 0 aromatic heterocycles. The third kappa shape index (κ3) is 3.66. The summed E-state index contributed by atoms with van der Waals surface area (Å²) in [6.45, 7) is 8.75. The number of hydrogen-bond acceptors (Lipinski definition) is 2. The first kappa shape index (κ1) is 10.6. The number of hydrogen-bond donors (Lipinski definition) is 0. The monoisotopic (exact) mass is 163 g/mol. The Bertz CT molecular complexity index is 236. The molecule has 0 aromatic carbocycles. The zero-order chi connectivity index (χ0) is 9.40. The molecule has 0 aliphatic heterocycles. The smallest absolute Gasteiger partial charge is 0.162 e. The summed E-state index contributed by atoms with van der Waals surface area (Å²) in [6.07, 6.45) is 6.58. The van der Waals surface area contributed by atoms with E-state index in [0.29, 0.717) is 12.0 Å². The maximum absolute atomic E-state index is 11.1. The minimum atomic E-state index is 0.0699. The summed E-state index contributed by atoms with van der Waals surface area (Å²) >= 11 is 0. The molecule has 2 heteroatoms. The van der Waals surface area contributed by atoms with E-state index in [1.165, 1.54) is 18.5 Å². The topological polar surface area (TPSA) is 29.4 Å². The lowest BCUT2D eigenvalue weighted by atomic mass is 10.1. The molecule has 0 rings (SSSR count). The number of nitrogens with zero attached hydrogens (tertiary/aromatic N) is 1. The summed E-state index contributed by atoms with van der Waals surface area (Å²) < 4.78 is 0. The molecule has 0 N–H and O–H groups in total. The summed E-state index contributed by atoms with van der Waals surface area (Å²) in [6, 6.07) is 0. The van der Waals surface area contributed by atoms with Gasteiger partial charge in [-0.25, -0.2) is 0 Å². The minimum Gasteiger partial charge on any atom is -0.294 e. The molecule has 2 nitrogen and oxygen atoms in total. The van der Waals surface area contributed by atoms with Gasteiger partial charge in [-0.1, -0.05) is 26.2 Å². The van der Waals surface area contributed by atoms with Crippen LogP contribution < -0.4 is 0 Å². The first-order valence-corrected chi connectivity index (χ1v) is 3.76. The molecular weight excluding hydrogens is 150 g/mol. The number of ketones is 1. The van der Waals surface area contributed by atoms with Gasteiger partial charge >= 0.3 is 0 Å². The van der Waals surface area contributed by atoms with Crippen LogP contribution in [0.4, 0.5) is 0 Å². The molecule has 0 aromatic rings. The normalized spacial score (nSPS) is 11.6. The van der Waals surface area contributed by atoms with Crippen LogP contribution in [0.1, 0.15) is 13.3 Å². The van der Waals surface area contributed by atoms with Gasteiger partial charge in [0.1, 0.15) is 0 Å². The maximum Gasteiger partial charge on any atom is 0.162 e. The molecule has 0 fully saturated rings. The lowest BCUT2D eigenvalue weighted by Crippen LogP contribution is -1.97. The minimum absolute atomic E-state index is 0.0699. The number of allylic oxidation sites excluding steroid dienone is 3. The van der Waals surface area contributed by atoms with E-state index in [2.05, 4.69) is 18.2 Å². The molecule has 0 radical (unpaired) electrons. The van der Waals surface area contributed by atoms with E-state index in [1.807, 2.05) is 6.92 Å². The molecule has 0 unspecified atom stereocenters. The van der Waals surface area contributed by atoms with Crippen molar-refractivity contribution in [2.75, 3.05) is 0 Å². The highest BCUT2D eigenvalue weighted by Gasteiger charge is 1.99. The summed E-state index contributed by atoms with van der Waals surface area (Å²) in [5.41, 5.74) is 0.586. The van der Waals surface area contributed by atoms with Crippen LogP contribution in [-0.4, -0.2) is 12.0 Å². The van der Waals surface area contributed by atoms with Crippen molar-refractivity contribution in [3.63, 3.8) is 0 Å². The molecule has 0 heterocycles. The molecular formula is C10H13NO. The summed E-state index contributed by atoms with van der Waals surface area (Å²) in [7, 11) is 0. The quantitative estimate of drug-likeness (QED) is 0.347. The van der Waals surface area contributed by atoms with Crippen molar-refractivity contribution in [1.82, 2.24) is 0 Å². The van der Waals surface area contributed by atoms with E-state index >= 15 is 0 Å². The Kier molecular flexibility index (Phi) is 5.53. The van der Waals surface area contributed by atoms with Crippen molar-refractivity contribution in [1.29, 1.82) is 0 Å². The Morgan fingerprint density at radius 2 is 2.17 bits per heavy atom. The fourth-order valence-electron chi connectivity index (χ4n) is 0.663. The van der Waals surface area contributed by atoms with Crippen LogP contribution in [0.5, 0.6) is 0 Å². The number of Topliss-reactive ketones (excluding diaryl/α,β-unsaturated/α-hetero) is 1. The van der Waals surface area contributed by atoms with Crippen LogP contribution in [0.2, 0.25) is 0 Å². The Morgan fingerprint density at radius 3 is 2.58 bits per heavy atom. The zero-order valence-electron chi connectivity index (χ0n) is 7.29. The van der Waals surface area contributed by atoms with Crippen molar-refractivity contribution in [2.45, 2.75) is 13.3 Å². The number of aliphatic imine (C=N–C) groups is 1. The largest absolute Gasteiger partial charge is 0.294 e. The number of carbonyl (C=O) groups excluding carboxylic acids is 1. The highest BCUT2D eigenvalue weighted by Crippen LogP contribution is 1.99. The van der Waals surface area contributed by atoms with Gasteiger partial charge in [-0.05, 0) is 6.08 Å². The zero-order valence-corrected chi connectivity index (χ0v) is 7.29. The highest BCUT2D eigenvalue weighted by molar-refractivity contribution is 6.01. The standard InChI is InChI=1S/C10H13NO/c1-4-9(10(12)5-2)7-8-11-6-3/h4,6-8H,1,3,5H2,2H3/b9-7+,11-8?. The van der Waals surface area contributed by atoms with Gasteiger partial charge < -0.3 is 0 Å². The summed E-state index contributed by atoms with van der Waals surface area (Å²) in [5.74, 6) is 0.0699. The van der Waals surface area contributed by atoms with Crippen molar-refractivity contribution in [3.8, 4) is 0 Å². The molecule has 0 aliphatic carbocycles. The first-order valence-electron chi connectivity index (χ1n) is 3.76. The number of carbonyl (C=O) groups is 1. The van der Waals surface area contributed by atoms with Crippen molar-refractivity contribution < 1.29 is 4.79 Å². The van der Waals surface area contributed by atoms with Gasteiger partial charge in [0.15, 0.2) is 5.78 Å². The van der Waals surface area contributed by atoms with Crippen molar-refractivity contribution in [3.05, 3.63) is 37.1 Å². The predicted molar refractivity (Wildman–Crippen MR) is 52.3 cm³/mol. The van der Waals surface area contributed by atoms with E-state index in [-0.39, 0.29) is 5.78 Å². The fourth-order valence-corrected chi connectivity index (χ4v) is 0.663. The summed E-state index contributed by atoms with van der Waals surface area (Å²) in [5, 5.41) is 0. The van der Waals surface area contributed by atoms with E-state index in [1.54, 1.807) is 6.08 Å².